The van der Waals surface area contributed by atoms with E-state index in [9.17, 15) is 9.59 Å². The molecule has 1 aromatic carbocycles. The molecule has 1 saturated heterocycles. The van der Waals surface area contributed by atoms with Crippen LogP contribution in [0.15, 0.2) is 30.9 Å². The van der Waals surface area contributed by atoms with Crippen molar-refractivity contribution in [2.75, 3.05) is 19.7 Å². The third kappa shape index (κ3) is 4.49. The van der Waals surface area contributed by atoms with Gasteiger partial charge in [-0.3, -0.25) is 0 Å². The molecule has 150 valence electrons. The molecule has 0 N–H and O–H groups in total. The highest BCUT2D eigenvalue weighted by atomic mass is 16.6. The van der Waals surface area contributed by atoms with Crippen LogP contribution in [0.25, 0.3) is 11.0 Å². The van der Waals surface area contributed by atoms with E-state index in [0.717, 1.165) is 18.4 Å². The van der Waals surface area contributed by atoms with Gasteiger partial charge in [-0.2, -0.15) is 0 Å². The maximum absolute atomic E-state index is 12.2. The van der Waals surface area contributed by atoms with Crippen LogP contribution < -0.4 is 0 Å². The second kappa shape index (κ2) is 8.00. The average Bonchev–Trinajstić information content (AvgIpc) is 3.08. The van der Waals surface area contributed by atoms with Gasteiger partial charge in [0.15, 0.2) is 0 Å². The van der Waals surface area contributed by atoms with E-state index in [1.54, 1.807) is 17.0 Å². The van der Waals surface area contributed by atoms with Crippen LogP contribution in [0.5, 0.6) is 0 Å². The zero-order valence-electron chi connectivity index (χ0n) is 16.6. The number of hydrogen-bond acceptors (Lipinski definition) is 6. The van der Waals surface area contributed by atoms with Gasteiger partial charge in [0, 0.05) is 13.1 Å². The van der Waals surface area contributed by atoms with Gasteiger partial charge in [-0.15, -0.1) is 5.10 Å². The fourth-order valence-electron chi connectivity index (χ4n) is 3.18. The Morgan fingerprint density at radius 2 is 2.00 bits per heavy atom. The van der Waals surface area contributed by atoms with Crippen molar-refractivity contribution in [1.29, 1.82) is 0 Å². The van der Waals surface area contributed by atoms with Crippen LogP contribution in [-0.4, -0.2) is 57.3 Å². The molecule has 0 saturated carbocycles. The van der Waals surface area contributed by atoms with E-state index in [2.05, 4.69) is 16.9 Å². The third-order valence-electron chi connectivity index (χ3n) is 4.50. The highest BCUT2D eigenvalue weighted by Crippen LogP contribution is 2.26. The van der Waals surface area contributed by atoms with E-state index in [-0.39, 0.29) is 18.7 Å². The van der Waals surface area contributed by atoms with Gasteiger partial charge in [0.1, 0.15) is 17.7 Å². The molecule has 8 nitrogen and oxygen atoms in total. The molecular weight excluding hydrogens is 360 g/mol. The molecular formula is C20H26N4O4. The van der Waals surface area contributed by atoms with E-state index in [0.29, 0.717) is 24.2 Å². The Morgan fingerprint density at radius 1 is 1.29 bits per heavy atom. The number of esters is 1. The number of carbonyl (C=O) groups excluding carboxylic acids is 2. The molecule has 0 atom stereocenters. The minimum Gasteiger partial charge on any atom is -0.458 e. The minimum atomic E-state index is -0.499. The maximum Gasteiger partial charge on any atom is 0.410 e. The van der Waals surface area contributed by atoms with Gasteiger partial charge in [-0.25, -0.2) is 14.3 Å². The summed E-state index contributed by atoms with van der Waals surface area (Å²) in [5, 5.41) is 8.47. The molecule has 1 aromatic heterocycles. The molecule has 28 heavy (non-hydrogen) atoms. The normalized spacial score (nSPS) is 15.5. The Labute approximate surface area is 164 Å². The van der Waals surface area contributed by atoms with Crippen molar-refractivity contribution < 1.29 is 19.1 Å². The highest BCUT2D eigenvalue weighted by molar-refractivity contribution is 5.93. The predicted octanol–water partition coefficient (Wildman–Crippen LogP) is 3.35. The number of hydrogen-bond donors (Lipinski definition) is 0. The predicted molar refractivity (Wildman–Crippen MR) is 104 cm³/mol. The van der Waals surface area contributed by atoms with E-state index in [1.807, 2.05) is 31.5 Å². The zero-order valence-corrected chi connectivity index (χ0v) is 16.6. The number of fused-ring (bicyclic) bond motifs is 1. The number of amides is 1. The van der Waals surface area contributed by atoms with Gasteiger partial charge < -0.3 is 14.4 Å². The van der Waals surface area contributed by atoms with Gasteiger partial charge in [-0.05, 0) is 51.8 Å². The molecule has 0 radical (unpaired) electrons. The van der Waals surface area contributed by atoms with Gasteiger partial charge in [0.25, 0.3) is 0 Å². The van der Waals surface area contributed by atoms with E-state index < -0.39 is 11.6 Å². The first-order valence-corrected chi connectivity index (χ1v) is 9.39. The lowest BCUT2D eigenvalue weighted by Gasteiger charge is -2.33. The van der Waals surface area contributed by atoms with Crippen molar-refractivity contribution in [3.8, 4) is 0 Å². The molecule has 2 aromatic rings. The number of nitrogens with zero attached hydrogens (tertiary/aromatic N) is 4. The zero-order chi connectivity index (χ0) is 20.3. The molecule has 1 amide bonds. The molecule has 0 aliphatic carbocycles. The van der Waals surface area contributed by atoms with E-state index >= 15 is 0 Å². The minimum absolute atomic E-state index is 0.141. The van der Waals surface area contributed by atoms with Gasteiger partial charge in [0.2, 0.25) is 0 Å². The van der Waals surface area contributed by atoms with Gasteiger partial charge in [-0.1, -0.05) is 17.9 Å². The van der Waals surface area contributed by atoms with Crippen LogP contribution in [0.4, 0.5) is 4.79 Å². The summed E-state index contributed by atoms with van der Waals surface area (Å²) < 4.78 is 12.4. The first kappa shape index (κ1) is 19.9. The first-order chi connectivity index (χ1) is 13.3. The molecule has 0 spiro atoms. The number of piperidine rings is 1. The Bertz CT molecular complexity index is 876. The van der Waals surface area contributed by atoms with Crippen LogP contribution in [-0.2, 0) is 9.47 Å². The molecule has 2 heterocycles. The Balaban J connectivity index is 1.67. The lowest BCUT2D eigenvalue weighted by atomic mass is 10.1. The fourth-order valence-corrected chi connectivity index (χ4v) is 3.18. The number of benzene rings is 1. The number of aromatic nitrogens is 3. The maximum atomic E-state index is 12.2. The van der Waals surface area contributed by atoms with Crippen LogP contribution in [0, 0.1) is 0 Å². The summed E-state index contributed by atoms with van der Waals surface area (Å²) in [5.41, 5.74) is 1.43. The molecule has 0 unspecified atom stereocenters. The second-order valence-corrected chi connectivity index (χ2v) is 7.82. The average molecular weight is 386 g/mol. The Hall–Kier alpha value is -2.90. The molecule has 3 rings (SSSR count). The smallest absolute Gasteiger partial charge is 0.410 e. The summed E-state index contributed by atoms with van der Waals surface area (Å²) in [6.45, 7) is 10.5. The lowest BCUT2D eigenvalue weighted by Crippen LogP contribution is -2.42. The fraction of sp³-hybridized carbons (Fsp3) is 0.500. The summed E-state index contributed by atoms with van der Waals surface area (Å²) in [7, 11) is 0. The van der Waals surface area contributed by atoms with Crippen LogP contribution in [0.3, 0.4) is 0 Å². The molecule has 0 bridgehead atoms. The molecule has 1 aliphatic rings. The number of ether oxygens (including phenoxy) is 2. The third-order valence-corrected chi connectivity index (χ3v) is 4.50. The largest absolute Gasteiger partial charge is 0.458 e. The first-order valence-electron chi connectivity index (χ1n) is 9.39. The standard InChI is InChI=1S/C20H26N4O4/c1-5-12-27-18(25)14-6-7-17-16(13-14)21-22-24(17)15-8-10-23(11-9-15)19(26)28-20(2,3)4/h5-7,13,15H,1,8-12H2,2-4H3. The summed E-state index contributed by atoms with van der Waals surface area (Å²) in [6.07, 6.45) is 2.77. The van der Waals surface area contributed by atoms with Crippen molar-refractivity contribution in [1.82, 2.24) is 19.9 Å². The SMILES string of the molecule is C=CCOC(=O)c1ccc2c(c1)nnn2C1CCN(C(=O)OC(C)(C)C)CC1. The number of carbonyl (C=O) groups is 2. The summed E-state index contributed by atoms with van der Waals surface area (Å²) in [4.78, 5) is 25.9. The summed E-state index contributed by atoms with van der Waals surface area (Å²) >= 11 is 0. The molecule has 8 heteroatoms. The second-order valence-electron chi connectivity index (χ2n) is 7.82. The topological polar surface area (TPSA) is 86.5 Å². The molecule has 1 aliphatic heterocycles. The van der Waals surface area contributed by atoms with Crippen molar-refractivity contribution in [2.45, 2.75) is 45.3 Å². The van der Waals surface area contributed by atoms with Crippen molar-refractivity contribution in [3.63, 3.8) is 0 Å². The van der Waals surface area contributed by atoms with Crippen molar-refractivity contribution >= 4 is 23.1 Å². The lowest BCUT2D eigenvalue weighted by molar-refractivity contribution is 0.0185. The Kier molecular flexibility index (Phi) is 5.67. The number of likely N-dealkylation sites (tertiary alicyclic amines) is 1. The van der Waals surface area contributed by atoms with Crippen LogP contribution >= 0.6 is 0 Å². The monoisotopic (exact) mass is 386 g/mol. The van der Waals surface area contributed by atoms with Crippen LogP contribution in [0.1, 0.15) is 50.0 Å². The van der Waals surface area contributed by atoms with Crippen molar-refractivity contribution in [3.05, 3.63) is 36.4 Å². The summed E-state index contributed by atoms with van der Waals surface area (Å²) in [6, 6.07) is 5.37. The summed E-state index contributed by atoms with van der Waals surface area (Å²) in [5.74, 6) is -0.415. The van der Waals surface area contributed by atoms with Gasteiger partial charge in [0.05, 0.1) is 17.1 Å². The highest BCUT2D eigenvalue weighted by Gasteiger charge is 2.28. The van der Waals surface area contributed by atoms with Crippen LogP contribution in [0.2, 0.25) is 0 Å². The van der Waals surface area contributed by atoms with Gasteiger partial charge >= 0.3 is 12.1 Å². The number of rotatable bonds is 4. The van der Waals surface area contributed by atoms with E-state index in [1.165, 1.54) is 6.08 Å². The quantitative estimate of drug-likeness (QED) is 0.592. The Morgan fingerprint density at radius 3 is 2.64 bits per heavy atom. The molecule has 1 fully saturated rings. The van der Waals surface area contributed by atoms with Crippen molar-refractivity contribution in [2.24, 2.45) is 0 Å². The van der Waals surface area contributed by atoms with E-state index in [4.69, 9.17) is 9.47 Å².